The lowest BCUT2D eigenvalue weighted by Gasteiger charge is -2.34. The van der Waals surface area contributed by atoms with Gasteiger partial charge in [-0.25, -0.2) is 4.39 Å². The van der Waals surface area contributed by atoms with Crippen molar-refractivity contribution >= 4 is 0 Å². The Morgan fingerprint density at radius 1 is 1.03 bits per heavy atom. The van der Waals surface area contributed by atoms with Crippen LogP contribution in [0.1, 0.15) is 48.8 Å². The fourth-order valence-electron chi connectivity index (χ4n) is 3.70. The summed E-state index contributed by atoms with van der Waals surface area (Å²) in [5.74, 6) is 0.437. The number of halogens is 4. The highest BCUT2D eigenvalue weighted by atomic mass is 19.4. The molecule has 1 fully saturated rings. The maximum Gasteiger partial charge on any atom is 0.416 e. The largest absolute Gasteiger partial charge is 0.481 e. The van der Waals surface area contributed by atoms with Crippen LogP contribution in [-0.2, 0) is 16.3 Å². The topological polar surface area (TPSA) is 57.4 Å². The van der Waals surface area contributed by atoms with E-state index in [-0.39, 0.29) is 17.6 Å². The molecule has 3 aromatic rings. The number of hydrogen-bond donors (Lipinski definition) is 0. The van der Waals surface area contributed by atoms with Crippen LogP contribution in [0, 0.1) is 5.82 Å². The molecule has 5 nitrogen and oxygen atoms in total. The molecule has 1 aliphatic heterocycles. The minimum absolute atomic E-state index is 0.178. The van der Waals surface area contributed by atoms with E-state index in [1.54, 1.807) is 13.0 Å². The Labute approximate surface area is 176 Å². The van der Waals surface area contributed by atoms with Gasteiger partial charge in [0.05, 0.1) is 11.0 Å². The predicted molar refractivity (Wildman–Crippen MR) is 102 cm³/mol. The van der Waals surface area contributed by atoms with E-state index in [4.69, 9.17) is 13.9 Å². The first kappa shape index (κ1) is 21.3. The van der Waals surface area contributed by atoms with Crippen molar-refractivity contribution in [3.05, 3.63) is 77.3 Å². The van der Waals surface area contributed by atoms with Gasteiger partial charge in [-0.3, -0.25) is 0 Å². The van der Waals surface area contributed by atoms with Crippen LogP contribution in [0.5, 0.6) is 5.75 Å². The van der Waals surface area contributed by atoms with Crippen LogP contribution in [0.3, 0.4) is 0 Å². The molecule has 0 radical (unpaired) electrons. The summed E-state index contributed by atoms with van der Waals surface area (Å²) in [6.45, 7) is 2.41. The van der Waals surface area contributed by atoms with Gasteiger partial charge in [0.2, 0.25) is 5.89 Å². The second-order valence-electron chi connectivity index (χ2n) is 7.43. The van der Waals surface area contributed by atoms with Crippen LogP contribution in [0.15, 0.2) is 52.9 Å². The molecular weight excluding hydrogens is 416 g/mol. The first-order valence-electron chi connectivity index (χ1n) is 9.79. The standard InChI is InChI=1S/C22H20F4N2O3/c1-14(30-18-7-5-17(23)6-8-18)19-27-28-20(31-19)21(9-11-29-12-10-21)15-3-2-4-16(13-15)22(24,25)26/h2-8,13-14H,9-12H2,1H3. The summed E-state index contributed by atoms with van der Waals surface area (Å²) >= 11 is 0. The van der Waals surface area contributed by atoms with Gasteiger partial charge >= 0.3 is 6.18 Å². The fourth-order valence-corrected chi connectivity index (χ4v) is 3.70. The molecule has 1 atom stereocenters. The second kappa shape index (κ2) is 8.30. The molecule has 1 saturated heterocycles. The molecule has 164 valence electrons. The molecule has 0 aliphatic carbocycles. The van der Waals surface area contributed by atoms with E-state index in [1.165, 1.54) is 30.3 Å². The first-order chi connectivity index (χ1) is 14.8. The maximum absolute atomic E-state index is 13.3. The van der Waals surface area contributed by atoms with E-state index in [0.29, 0.717) is 37.4 Å². The van der Waals surface area contributed by atoms with Gasteiger partial charge in [0.15, 0.2) is 6.10 Å². The van der Waals surface area contributed by atoms with Crippen molar-refractivity contribution in [1.82, 2.24) is 10.2 Å². The molecule has 0 amide bonds. The highest BCUT2D eigenvalue weighted by molar-refractivity contribution is 5.36. The third kappa shape index (κ3) is 4.41. The first-order valence-corrected chi connectivity index (χ1v) is 9.79. The second-order valence-corrected chi connectivity index (χ2v) is 7.43. The SMILES string of the molecule is CC(Oc1ccc(F)cc1)c1nnc(C2(c3cccc(C(F)(F)F)c3)CCOCC2)o1. The molecule has 31 heavy (non-hydrogen) atoms. The van der Waals surface area contributed by atoms with Crippen LogP contribution in [0.2, 0.25) is 0 Å². The van der Waals surface area contributed by atoms with Crippen molar-refractivity contribution in [2.24, 2.45) is 0 Å². The molecule has 0 spiro atoms. The van der Waals surface area contributed by atoms with Crippen LogP contribution in [0.4, 0.5) is 17.6 Å². The van der Waals surface area contributed by atoms with Gasteiger partial charge < -0.3 is 13.9 Å². The van der Waals surface area contributed by atoms with E-state index >= 15 is 0 Å². The maximum atomic E-state index is 13.3. The van der Waals surface area contributed by atoms with E-state index < -0.39 is 23.3 Å². The normalized spacial score (nSPS) is 17.3. The molecular formula is C22H20F4N2O3. The number of rotatable bonds is 5. The lowest BCUT2D eigenvalue weighted by molar-refractivity contribution is -0.137. The van der Waals surface area contributed by atoms with Crippen molar-refractivity contribution < 1.29 is 31.5 Å². The monoisotopic (exact) mass is 436 g/mol. The number of hydrogen-bond acceptors (Lipinski definition) is 5. The summed E-state index contributed by atoms with van der Waals surface area (Å²) in [6, 6.07) is 10.7. The van der Waals surface area contributed by atoms with E-state index in [9.17, 15) is 17.6 Å². The van der Waals surface area contributed by atoms with Crippen molar-refractivity contribution in [3.8, 4) is 5.75 Å². The Morgan fingerprint density at radius 3 is 2.42 bits per heavy atom. The highest BCUT2D eigenvalue weighted by Gasteiger charge is 2.43. The summed E-state index contributed by atoms with van der Waals surface area (Å²) in [5.41, 5.74) is -1.17. The Kier molecular flexibility index (Phi) is 5.70. The summed E-state index contributed by atoms with van der Waals surface area (Å²) < 4.78 is 70.0. The lowest BCUT2D eigenvalue weighted by atomic mass is 9.73. The van der Waals surface area contributed by atoms with E-state index in [1.807, 2.05) is 0 Å². The molecule has 1 aromatic heterocycles. The van der Waals surface area contributed by atoms with Crippen molar-refractivity contribution in [3.63, 3.8) is 0 Å². The molecule has 0 bridgehead atoms. The molecule has 2 aromatic carbocycles. The number of alkyl halides is 3. The summed E-state index contributed by atoms with van der Waals surface area (Å²) in [4.78, 5) is 0. The Morgan fingerprint density at radius 2 is 1.74 bits per heavy atom. The van der Waals surface area contributed by atoms with Crippen LogP contribution >= 0.6 is 0 Å². The van der Waals surface area contributed by atoms with Crippen LogP contribution in [-0.4, -0.2) is 23.4 Å². The van der Waals surface area contributed by atoms with Crippen LogP contribution < -0.4 is 4.74 Å². The van der Waals surface area contributed by atoms with E-state index in [0.717, 1.165) is 12.1 Å². The van der Waals surface area contributed by atoms with Gasteiger partial charge in [-0.2, -0.15) is 13.2 Å². The van der Waals surface area contributed by atoms with Gasteiger partial charge in [-0.05, 0) is 55.7 Å². The average Bonchev–Trinajstić information content (AvgIpc) is 3.26. The number of benzene rings is 2. The zero-order valence-electron chi connectivity index (χ0n) is 16.7. The smallest absolute Gasteiger partial charge is 0.416 e. The van der Waals surface area contributed by atoms with E-state index in [2.05, 4.69) is 10.2 Å². The van der Waals surface area contributed by atoms with Gasteiger partial charge in [-0.1, -0.05) is 18.2 Å². The number of aromatic nitrogens is 2. The van der Waals surface area contributed by atoms with Crippen molar-refractivity contribution in [1.29, 1.82) is 0 Å². The molecule has 0 saturated carbocycles. The highest BCUT2D eigenvalue weighted by Crippen LogP contribution is 2.42. The molecule has 1 unspecified atom stereocenters. The zero-order valence-corrected chi connectivity index (χ0v) is 16.7. The molecule has 1 aliphatic rings. The third-order valence-corrected chi connectivity index (χ3v) is 5.41. The minimum atomic E-state index is -4.46. The van der Waals surface area contributed by atoms with Gasteiger partial charge in [0.1, 0.15) is 11.6 Å². The lowest BCUT2D eigenvalue weighted by Crippen LogP contribution is -2.35. The molecule has 9 heteroatoms. The zero-order chi connectivity index (χ0) is 22.1. The third-order valence-electron chi connectivity index (χ3n) is 5.41. The molecule has 2 heterocycles. The summed E-state index contributed by atoms with van der Waals surface area (Å²) in [7, 11) is 0. The summed E-state index contributed by atoms with van der Waals surface area (Å²) in [5, 5.41) is 8.23. The Bertz CT molecular complexity index is 1030. The molecule has 0 N–H and O–H groups in total. The minimum Gasteiger partial charge on any atom is -0.481 e. The Hall–Kier alpha value is -2.94. The van der Waals surface area contributed by atoms with Crippen molar-refractivity contribution in [2.75, 3.05) is 13.2 Å². The van der Waals surface area contributed by atoms with Gasteiger partial charge in [0, 0.05) is 13.2 Å². The fraction of sp³-hybridized carbons (Fsp3) is 0.364. The van der Waals surface area contributed by atoms with Gasteiger partial charge in [-0.15, -0.1) is 10.2 Å². The Balaban J connectivity index is 1.65. The average molecular weight is 436 g/mol. The quantitative estimate of drug-likeness (QED) is 0.497. The van der Waals surface area contributed by atoms with Gasteiger partial charge in [0.25, 0.3) is 5.89 Å². The molecule has 4 rings (SSSR count). The predicted octanol–water partition coefficient (Wildman–Crippen LogP) is 5.46. The number of ether oxygens (including phenoxy) is 2. The number of nitrogens with zero attached hydrogens (tertiary/aromatic N) is 2. The summed E-state index contributed by atoms with van der Waals surface area (Å²) in [6.07, 6.45) is -4.28. The van der Waals surface area contributed by atoms with Crippen molar-refractivity contribution in [2.45, 2.75) is 37.5 Å². The van der Waals surface area contributed by atoms with Crippen LogP contribution in [0.25, 0.3) is 0 Å².